The highest BCUT2D eigenvalue weighted by Crippen LogP contribution is 2.35. The monoisotopic (exact) mass is 249 g/mol. The van der Waals surface area contributed by atoms with Crippen LogP contribution in [0.15, 0.2) is 16.8 Å². The molecule has 18 heavy (non-hydrogen) atoms. The van der Waals surface area contributed by atoms with E-state index in [0.29, 0.717) is 18.2 Å². The van der Waals surface area contributed by atoms with Gasteiger partial charge in [-0.15, -0.1) is 0 Å². The lowest BCUT2D eigenvalue weighted by Crippen LogP contribution is -2.62. The van der Waals surface area contributed by atoms with Crippen LogP contribution in [0.5, 0.6) is 0 Å². The van der Waals surface area contributed by atoms with Gasteiger partial charge in [0.25, 0.3) is 0 Å². The average Bonchev–Trinajstić information content (AvgIpc) is 3.07. The second-order valence-corrected chi connectivity index (χ2v) is 4.94. The van der Waals surface area contributed by atoms with E-state index in [4.69, 9.17) is 4.52 Å². The van der Waals surface area contributed by atoms with Gasteiger partial charge in [-0.05, 0) is 25.7 Å². The topological polar surface area (TPSA) is 75.4 Å². The smallest absolute Gasteiger partial charge is 0.246 e. The minimum absolute atomic E-state index is 0.0130. The third kappa shape index (κ3) is 1.87. The maximum Gasteiger partial charge on any atom is 0.246 e. The largest absolute Gasteiger partial charge is 0.360 e. The van der Waals surface area contributed by atoms with E-state index in [1.54, 1.807) is 17.9 Å². The van der Waals surface area contributed by atoms with Crippen LogP contribution in [0.3, 0.4) is 0 Å². The Morgan fingerprint density at radius 1 is 1.50 bits per heavy atom. The van der Waals surface area contributed by atoms with Gasteiger partial charge in [-0.25, -0.2) is 0 Å². The standard InChI is InChI=1S/C12H15N3O3/c1-7-11(16)14-10(8-2-3-8)12(17)15(7)6-9-4-5-13-18-9/h4-5,7-8,10H,2-3,6H2,1H3,(H,14,16). The summed E-state index contributed by atoms with van der Waals surface area (Å²) in [6, 6.07) is 0.896. The normalized spacial score (nSPS) is 28.4. The predicted octanol–water partition coefficient (Wildman–Crippen LogP) is 0.300. The quantitative estimate of drug-likeness (QED) is 0.836. The fraction of sp³-hybridized carbons (Fsp3) is 0.583. The predicted molar refractivity (Wildman–Crippen MR) is 61.2 cm³/mol. The number of nitrogens with zero attached hydrogens (tertiary/aromatic N) is 2. The van der Waals surface area contributed by atoms with Crippen LogP contribution in [0.1, 0.15) is 25.5 Å². The summed E-state index contributed by atoms with van der Waals surface area (Å²) in [6.07, 6.45) is 3.56. The molecule has 0 bridgehead atoms. The van der Waals surface area contributed by atoms with Crippen molar-refractivity contribution in [2.45, 2.75) is 38.4 Å². The summed E-state index contributed by atoms with van der Waals surface area (Å²) >= 11 is 0. The van der Waals surface area contributed by atoms with E-state index in [9.17, 15) is 9.59 Å². The van der Waals surface area contributed by atoms with Gasteiger partial charge in [0.1, 0.15) is 12.1 Å². The molecule has 2 unspecified atom stereocenters. The molecular weight excluding hydrogens is 234 g/mol. The van der Waals surface area contributed by atoms with Crippen LogP contribution >= 0.6 is 0 Å². The van der Waals surface area contributed by atoms with Crippen LogP contribution < -0.4 is 5.32 Å². The third-order valence-electron chi connectivity index (χ3n) is 3.60. The third-order valence-corrected chi connectivity index (χ3v) is 3.60. The SMILES string of the molecule is CC1C(=O)NC(C2CC2)C(=O)N1Cc1ccno1. The molecule has 2 atom stereocenters. The fourth-order valence-corrected chi connectivity index (χ4v) is 2.30. The molecule has 6 nitrogen and oxygen atoms in total. The van der Waals surface area contributed by atoms with Crippen molar-refractivity contribution in [1.82, 2.24) is 15.4 Å². The number of rotatable bonds is 3. The Balaban J connectivity index is 1.80. The molecule has 0 aromatic carbocycles. The van der Waals surface area contributed by atoms with E-state index in [2.05, 4.69) is 10.5 Å². The summed E-state index contributed by atoms with van der Waals surface area (Å²) in [7, 11) is 0. The van der Waals surface area contributed by atoms with Crippen LogP contribution in [0, 0.1) is 5.92 Å². The second-order valence-electron chi connectivity index (χ2n) is 4.94. The highest BCUT2D eigenvalue weighted by molar-refractivity contribution is 5.97. The second kappa shape index (κ2) is 4.12. The average molecular weight is 249 g/mol. The van der Waals surface area contributed by atoms with Gasteiger partial charge in [0.05, 0.1) is 12.7 Å². The molecule has 1 saturated carbocycles. The summed E-state index contributed by atoms with van der Waals surface area (Å²) in [5, 5.41) is 6.42. The number of nitrogens with one attached hydrogen (secondary N) is 1. The number of carbonyl (C=O) groups excluding carboxylic acids is 2. The van der Waals surface area contributed by atoms with Crippen LogP contribution in [-0.2, 0) is 16.1 Å². The van der Waals surface area contributed by atoms with Crippen LogP contribution in [0.4, 0.5) is 0 Å². The minimum Gasteiger partial charge on any atom is -0.360 e. The molecule has 2 amide bonds. The number of hydrogen-bond donors (Lipinski definition) is 1. The van der Waals surface area contributed by atoms with Gasteiger partial charge < -0.3 is 14.7 Å². The van der Waals surface area contributed by atoms with Crippen molar-refractivity contribution in [3.8, 4) is 0 Å². The first-order chi connectivity index (χ1) is 8.66. The molecule has 3 rings (SSSR count). The van der Waals surface area contributed by atoms with Gasteiger partial charge in [0.15, 0.2) is 5.76 Å². The Morgan fingerprint density at radius 3 is 2.89 bits per heavy atom. The molecule has 1 saturated heterocycles. The van der Waals surface area contributed by atoms with Gasteiger partial charge in [0.2, 0.25) is 11.8 Å². The molecule has 2 fully saturated rings. The zero-order valence-electron chi connectivity index (χ0n) is 10.1. The highest BCUT2D eigenvalue weighted by atomic mass is 16.5. The van der Waals surface area contributed by atoms with Crippen molar-refractivity contribution in [2.75, 3.05) is 0 Å². The summed E-state index contributed by atoms with van der Waals surface area (Å²) in [4.78, 5) is 25.8. The Labute approximate surface area is 104 Å². The first kappa shape index (κ1) is 11.3. The van der Waals surface area contributed by atoms with Crippen LogP contribution in [0.2, 0.25) is 0 Å². The van der Waals surface area contributed by atoms with E-state index in [1.807, 2.05) is 0 Å². The molecule has 2 heterocycles. The van der Waals surface area contributed by atoms with E-state index in [-0.39, 0.29) is 17.9 Å². The summed E-state index contributed by atoms with van der Waals surface area (Å²) in [5.41, 5.74) is 0. The lowest BCUT2D eigenvalue weighted by atomic mass is 10.0. The fourth-order valence-electron chi connectivity index (χ4n) is 2.30. The molecule has 0 radical (unpaired) electrons. The zero-order valence-corrected chi connectivity index (χ0v) is 10.1. The van der Waals surface area contributed by atoms with Crippen molar-refractivity contribution in [3.05, 3.63) is 18.0 Å². The van der Waals surface area contributed by atoms with E-state index in [1.165, 1.54) is 6.20 Å². The zero-order chi connectivity index (χ0) is 12.7. The highest BCUT2D eigenvalue weighted by Gasteiger charge is 2.45. The van der Waals surface area contributed by atoms with Gasteiger partial charge in [0, 0.05) is 6.07 Å². The van der Waals surface area contributed by atoms with Crippen LogP contribution in [-0.4, -0.2) is 34.0 Å². The van der Waals surface area contributed by atoms with E-state index in [0.717, 1.165) is 12.8 Å². The molecule has 1 aromatic rings. The Hall–Kier alpha value is -1.85. The molecule has 1 aliphatic heterocycles. The molecule has 2 aliphatic rings. The first-order valence-electron chi connectivity index (χ1n) is 6.17. The summed E-state index contributed by atoms with van der Waals surface area (Å²) in [6.45, 7) is 2.03. The number of piperazine rings is 1. The lowest BCUT2D eigenvalue weighted by Gasteiger charge is -2.36. The van der Waals surface area contributed by atoms with Crippen molar-refractivity contribution in [3.63, 3.8) is 0 Å². The maximum atomic E-state index is 12.3. The first-order valence-corrected chi connectivity index (χ1v) is 6.17. The number of hydrogen-bond acceptors (Lipinski definition) is 4. The van der Waals surface area contributed by atoms with Gasteiger partial charge in [-0.3, -0.25) is 9.59 Å². The number of amides is 2. The Morgan fingerprint density at radius 2 is 2.28 bits per heavy atom. The molecule has 1 aliphatic carbocycles. The van der Waals surface area contributed by atoms with Gasteiger partial charge in [-0.1, -0.05) is 5.16 Å². The summed E-state index contributed by atoms with van der Waals surface area (Å²) < 4.78 is 5.00. The molecule has 1 N–H and O–H groups in total. The summed E-state index contributed by atoms with van der Waals surface area (Å²) in [5.74, 6) is 0.803. The maximum absolute atomic E-state index is 12.3. The van der Waals surface area contributed by atoms with E-state index >= 15 is 0 Å². The molecule has 96 valence electrons. The van der Waals surface area contributed by atoms with Gasteiger partial charge >= 0.3 is 0 Å². The van der Waals surface area contributed by atoms with E-state index < -0.39 is 6.04 Å². The number of aromatic nitrogens is 1. The molecule has 1 aromatic heterocycles. The van der Waals surface area contributed by atoms with Crippen molar-refractivity contribution in [1.29, 1.82) is 0 Å². The Bertz CT molecular complexity index is 467. The number of carbonyl (C=O) groups is 2. The minimum atomic E-state index is -0.461. The molecule has 0 spiro atoms. The Kier molecular flexibility index (Phi) is 2.57. The lowest BCUT2D eigenvalue weighted by molar-refractivity contribution is -0.150. The van der Waals surface area contributed by atoms with Gasteiger partial charge in [-0.2, -0.15) is 0 Å². The van der Waals surface area contributed by atoms with Crippen molar-refractivity contribution < 1.29 is 14.1 Å². The molecule has 6 heteroatoms. The molecular formula is C12H15N3O3. The van der Waals surface area contributed by atoms with Crippen molar-refractivity contribution >= 4 is 11.8 Å². The van der Waals surface area contributed by atoms with Crippen molar-refractivity contribution in [2.24, 2.45) is 5.92 Å². The van der Waals surface area contributed by atoms with Crippen LogP contribution in [0.25, 0.3) is 0 Å².